The van der Waals surface area contributed by atoms with Crippen LogP contribution in [0.15, 0.2) is 0 Å². The number of hydrogen-bond donors (Lipinski definition) is 5. The number of aliphatic hydroxyl groups excluding tert-OH is 5. The van der Waals surface area contributed by atoms with Gasteiger partial charge in [0, 0.05) is 0 Å². The molecule has 6 atom stereocenters. The first-order valence-corrected chi connectivity index (χ1v) is 13.1. The van der Waals surface area contributed by atoms with E-state index in [0.29, 0.717) is 6.42 Å². The number of aliphatic hydroxyl groups is 5. The normalized spacial score (nSPS) is 27.0. The first-order valence-electron chi connectivity index (χ1n) is 13.1. The molecule has 0 radical (unpaired) electrons. The van der Waals surface area contributed by atoms with Gasteiger partial charge in [-0.2, -0.15) is 0 Å². The van der Waals surface area contributed by atoms with Crippen LogP contribution in [0.3, 0.4) is 0 Å². The van der Waals surface area contributed by atoms with E-state index in [1.54, 1.807) is 0 Å². The highest BCUT2D eigenvalue weighted by molar-refractivity contribution is 4.88. The second kappa shape index (κ2) is 19.1. The molecule has 0 aromatic rings. The van der Waals surface area contributed by atoms with Crippen molar-refractivity contribution in [3.63, 3.8) is 0 Å². The summed E-state index contributed by atoms with van der Waals surface area (Å²) in [5.74, 6) is 0. The minimum atomic E-state index is -1.46. The van der Waals surface area contributed by atoms with Crippen molar-refractivity contribution in [2.45, 2.75) is 146 Å². The largest absolute Gasteiger partial charge is 0.394 e. The van der Waals surface area contributed by atoms with Crippen LogP contribution in [0.25, 0.3) is 0 Å². The maximum atomic E-state index is 10.1. The molecule has 0 amide bonds. The van der Waals surface area contributed by atoms with Crippen LogP contribution < -0.4 is 0 Å². The summed E-state index contributed by atoms with van der Waals surface area (Å²) in [5, 5.41) is 48.7. The van der Waals surface area contributed by atoms with E-state index in [1.807, 2.05) is 0 Å². The van der Waals surface area contributed by atoms with Crippen LogP contribution >= 0.6 is 0 Å². The standard InChI is InChI=1S/C25H50O7/c1-2-3-4-5-6-7-8-9-10-11-12-13-14-15-16-17-20(27)19-31-25-24(30)23(29)22(28)21(18-26)32-25/h20-30H,2-19H2,1H3/t20?,21?,22-,23?,24+,25+/m1/s1. The van der Waals surface area contributed by atoms with Crippen molar-refractivity contribution in [2.24, 2.45) is 0 Å². The fourth-order valence-electron chi connectivity index (χ4n) is 4.25. The van der Waals surface area contributed by atoms with E-state index in [2.05, 4.69) is 6.92 Å². The molecule has 32 heavy (non-hydrogen) atoms. The number of hydrogen-bond acceptors (Lipinski definition) is 7. The molecule has 7 nitrogen and oxygen atoms in total. The SMILES string of the molecule is CCCCCCCCCCCCCCCCCC(O)CO[C@H]1OC(CO)[C@@H](O)C(O)[C@@H]1O. The molecular formula is C25H50O7. The molecule has 1 saturated heterocycles. The van der Waals surface area contributed by atoms with Gasteiger partial charge in [-0.25, -0.2) is 0 Å². The lowest BCUT2D eigenvalue weighted by Gasteiger charge is -2.39. The van der Waals surface area contributed by atoms with Crippen LogP contribution in [0, 0.1) is 0 Å². The van der Waals surface area contributed by atoms with Crippen molar-refractivity contribution in [1.82, 2.24) is 0 Å². The lowest BCUT2D eigenvalue weighted by molar-refractivity contribution is -0.304. The summed E-state index contributed by atoms with van der Waals surface area (Å²) < 4.78 is 10.6. The molecule has 0 aliphatic carbocycles. The monoisotopic (exact) mass is 462 g/mol. The average molecular weight is 463 g/mol. The predicted molar refractivity (Wildman–Crippen MR) is 125 cm³/mol. The number of ether oxygens (including phenoxy) is 2. The molecule has 0 saturated carbocycles. The molecule has 0 aromatic heterocycles. The van der Waals surface area contributed by atoms with Crippen molar-refractivity contribution in [1.29, 1.82) is 0 Å². The van der Waals surface area contributed by atoms with Crippen LogP contribution in [0.5, 0.6) is 0 Å². The molecular weight excluding hydrogens is 412 g/mol. The molecule has 192 valence electrons. The Morgan fingerprint density at radius 3 is 1.62 bits per heavy atom. The first kappa shape index (κ1) is 29.8. The van der Waals surface area contributed by atoms with Gasteiger partial charge in [-0.05, 0) is 6.42 Å². The summed E-state index contributed by atoms with van der Waals surface area (Å²) in [7, 11) is 0. The Morgan fingerprint density at radius 1 is 0.688 bits per heavy atom. The van der Waals surface area contributed by atoms with Crippen LogP contribution in [0.1, 0.15) is 110 Å². The lowest BCUT2D eigenvalue weighted by atomic mass is 9.99. The van der Waals surface area contributed by atoms with Gasteiger partial charge < -0.3 is 35.0 Å². The van der Waals surface area contributed by atoms with E-state index in [9.17, 15) is 25.5 Å². The molecule has 1 aliphatic heterocycles. The highest BCUT2D eigenvalue weighted by Crippen LogP contribution is 2.22. The fourth-order valence-corrected chi connectivity index (χ4v) is 4.25. The number of unbranched alkanes of at least 4 members (excludes halogenated alkanes) is 14. The highest BCUT2D eigenvalue weighted by Gasteiger charge is 2.44. The van der Waals surface area contributed by atoms with Crippen LogP contribution in [-0.2, 0) is 9.47 Å². The van der Waals surface area contributed by atoms with Crippen LogP contribution in [0.4, 0.5) is 0 Å². The Balaban J connectivity index is 1.92. The van der Waals surface area contributed by atoms with Gasteiger partial charge in [-0.15, -0.1) is 0 Å². The minimum Gasteiger partial charge on any atom is -0.394 e. The molecule has 0 bridgehead atoms. The van der Waals surface area contributed by atoms with Gasteiger partial charge in [0.15, 0.2) is 6.29 Å². The van der Waals surface area contributed by atoms with Crippen molar-refractivity contribution >= 4 is 0 Å². The third-order valence-electron chi connectivity index (χ3n) is 6.44. The van der Waals surface area contributed by atoms with E-state index in [0.717, 1.165) is 12.8 Å². The van der Waals surface area contributed by atoms with E-state index >= 15 is 0 Å². The Hall–Kier alpha value is -0.280. The van der Waals surface area contributed by atoms with Crippen molar-refractivity contribution in [2.75, 3.05) is 13.2 Å². The minimum absolute atomic E-state index is 0.0265. The van der Waals surface area contributed by atoms with Gasteiger partial charge in [-0.3, -0.25) is 0 Å². The zero-order valence-electron chi connectivity index (χ0n) is 20.2. The van der Waals surface area contributed by atoms with Gasteiger partial charge in [0.25, 0.3) is 0 Å². The maximum Gasteiger partial charge on any atom is 0.186 e. The Kier molecular flexibility index (Phi) is 17.7. The second-order valence-electron chi connectivity index (χ2n) is 9.42. The molecule has 1 heterocycles. The lowest BCUT2D eigenvalue weighted by Crippen LogP contribution is -2.59. The molecule has 7 heteroatoms. The molecule has 1 fully saturated rings. The quantitative estimate of drug-likeness (QED) is 0.176. The fraction of sp³-hybridized carbons (Fsp3) is 1.00. The third-order valence-corrected chi connectivity index (χ3v) is 6.44. The zero-order valence-corrected chi connectivity index (χ0v) is 20.2. The molecule has 3 unspecified atom stereocenters. The summed E-state index contributed by atoms with van der Waals surface area (Å²) in [6, 6.07) is 0. The van der Waals surface area contributed by atoms with Gasteiger partial charge >= 0.3 is 0 Å². The van der Waals surface area contributed by atoms with Gasteiger partial charge in [0.1, 0.15) is 24.4 Å². The van der Waals surface area contributed by atoms with E-state index in [4.69, 9.17) is 9.47 Å². The summed E-state index contributed by atoms with van der Waals surface area (Å²) in [6.45, 7) is 1.74. The maximum absolute atomic E-state index is 10.1. The summed E-state index contributed by atoms with van der Waals surface area (Å²) in [5.41, 5.74) is 0. The topological polar surface area (TPSA) is 120 Å². The average Bonchev–Trinajstić information content (AvgIpc) is 2.79. The van der Waals surface area contributed by atoms with Gasteiger partial charge in [0.2, 0.25) is 0 Å². The van der Waals surface area contributed by atoms with Crippen molar-refractivity contribution in [3.05, 3.63) is 0 Å². The first-order chi connectivity index (χ1) is 15.5. The van der Waals surface area contributed by atoms with E-state index < -0.39 is 43.4 Å². The summed E-state index contributed by atoms with van der Waals surface area (Å²) in [4.78, 5) is 0. The molecule has 0 spiro atoms. The second-order valence-corrected chi connectivity index (χ2v) is 9.42. The Morgan fingerprint density at radius 2 is 1.16 bits per heavy atom. The van der Waals surface area contributed by atoms with E-state index in [-0.39, 0.29) is 6.61 Å². The Labute approximate surface area is 195 Å². The number of rotatable bonds is 20. The van der Waals surface area contributed by atoms with Crippen LogP contribution in [-0.4, -0.2) is 75.6 Å². The van der Waals surface area contributed by atoms with Crippen LogP contribution in [0.2, 0.25) is 0 Å². The molecule has 5 N–H and O–H groups in total. The zero-order chi connectivity index (χ0) is 23.6. The van der Waals surface area contributed by atoms with Gasteiger partial charge in [-0.1, -0.05) is 103 Å². The smallest absolute Gasteiger partial charge is 0.186 e. The molecule has 1 aliphatic rings. The van der Waals surface area contributed by atoms with Crippen molar-refractivity contribution in [3.8, 4) is 0 Å². The summed E-state index contributed by atoms with van der Waals surface area (Å²) >= 11 is 0. The molecule has 0 aromatic carbocycles. The predicted octanol–water partition coefficient (Wildman–Crippen LogP) is 3.43. The Bertz CT molecular complexity index is 421. The molecule has 1 rings (SSSR count). The highest BCUT2D eigenvalue weighted by atomic mass is 16.7. The summed E-state index contributed by atoms with van der Waals surface area (Å²) in [6.07, 6.45) is 12.9. The third kappa shape index (κ3) is 12.8. The van der Waals surface area contributed by atoms with Gasteiger partial charge in [0.05, 0.1) is 19.3 Å². The van der Waals surface area contributed by atoms with Crippen molar-refractivity contribution < 1.29 is 35.0 Å². The van der Waals surface area contributed by atoms with E-state index in [1.165, 1.54) is 83.5 Å².